The van der Waals surface area contributed by atoms with Crippen molar-refractivity contribution in [3.05, 3.63) is 29.8 Å². The maximum Gasteiger partial charge on any atom is 0.309 e. The number of hydrogen-bond acceptors (Lipinski definition) is 4. The van der Waals surface area contributed by atoms with E-state index < -0.39 is 0 Å². The molecule has 0 N–H and O–H groups in total. The average molecular weight is 263 g/mol. The topological polar surface area (TPSA) is 38.8 Å². The van der Waals surface area contributed by atoms with E-state index in [4.69, 9.17) is 4.74 Å². The van der Waals surface area contributed by atoms with Crippen molar-refractivity contribution in [3.8, 4) is 5.75 Å². The predicted molar refractivity (Wildman–Crippen MR) is 73.3 cm³/mol. The van der Waals surface area contributed by atoms with Gasteiger partial charge in [-0.2, -0.15) is 0 Å². The second kappa shape index (κ2) is 7.14. The van der Waals surface area contributed by atoms with Crippen LogP contribution in [0.1, 0.15) is 18.4 Å². The van der Waals surface area contributed by atoms with Crippen molar-refractivity contribution in [1.82, 2.24) is 4.90 Å². The Morgan fingerprint density at radius 3 is 2.53 bits per heavy atom. The smallest absolute Gasteiger partial charge is 0.309 e. The van der Waals surface area contributed by atoms with Gasteiger partial charge in [-0.3, -0.25) is 9.69 Å². The van der Waals surface area contributed by atoms with Crippen molar-refractivity contribution in [2.24, 2.45) is 0 Å². The lowest BCUT2D eigenvalue weighted by Gasteiger charge is -2.14. The van der Waals surface area contributed by atoms with Gasteiger partial charge in [-0.25, -0.2) is 0 Å². The number of likely N-dealkylation sites (tertiary alicyclic amines) is 1. The van der Waals surface area contributed by atoms with Crippen LogP contribution >= 0.6 is 0 Å². The normalized spacial score (nSPS) is 15.4. The van der Waals surface area contributed by atoms with Gasteiger partial charge in [-0.15, -0.1) is 0 Å². The van der Waals surface area contributed by atoms with E-state index in [1.165, 1.54) is 33.0 Å². The van der Waals surface area contributed by atoms with Crippen LogP contribution in [0.5, 0.6) is 5.75 Å². The molecule has 1 fully saturated rings. The summed E-state index contributed by atoms with van der Waals surface area (Å²) >= 11 is 0. The Balaban J connectivity index is 1.73. The molecule has 0 aromatic heterocycles. The standard InChI is InChI=1S/C15H21NO3/c1-18-15(17)12-13-4-6-14(7-5-13)19-11-10-16-8-2-3-9-16/h4-7H,2-3,8-12H2,1H3. The molecule has 4 nitrogen and oxygen atoms in total. The highest BCUT2D eigenvalue weighted by molar-refractivity contribution is 5.72. The van der Waals surface area contributed by atoms with Crippen LogP contribution in [-0.4, -0.2) is 44.2 Å². The Hall–Kier alpha value is -1.55. The molecule has 0 bridgehead atoms. The number of methoxy groups -OCH3 is 1. The van der Waals surface area contributed by atoms with E-state index in [0.717, 1.165) is 24.5 Å². The fraction of sp³-hybridized carbons (Fsp3) is 0.533. The fourth-order valence-electron chi connectivity index (χ4n) is 2.24. The Bertz CT molecular complexity index is 396. The number of carbonyl (C=O) groups is 1. The van der Waals surface area contributed by atoms with E-state index in [1.807, 2.05) is 24.3 Å². The fourth-order valence-corrected chi connectivity index (χ4v) is 2.24. The first-order valence-corrected chi connectivity index (χ1v) is 6.79. The van der Waals surface area contributed by atoms with Crippen molar-refractivity contribution in [2.75, 3.05) is 33.4 Å². The van der Waals surface area contributed by atoms with Gasteiger partial charge >= 0.3 is 5.97 Å². The summed E-state index contributed by atoms with van der Waals surface area (Å²) in [6.07, 6.45) is 2.93. The summed E-state index contributed by atoms with van der Waals surface area (Å²) in [5.41, 5.74) is 0.943. The molecule has 0 unspecified atom stereocenters. The molecule has 0 saturated carbocycles. The SMILES string of the molecule is COC(=O)Cc1ccc(OCCN2CCCC2)cc1. The number of benzene rings is 1. The molecule has 1 aliphatic heterocycles. The van der Waals surface area contributed by atoms with Gasteiger partial charge in [0.2, 0.25) is 0 Å². The molecule has 1 saturated heterocycles. The summed E-state index contributed by atoms with van der Waals surface area (Å²) in [7, 11) is 1.40. The van der Waals surface area contributed by atoms with Gasteiger partial charge in [0.05, 0.1) is 13.5 Å². The number of carbonyl (C=O) groups excluding carboxylic acids is 1. The lowest BCUT2D eigenvalue weighted by atomic mass is 10.1. The zero-order chi connectivity index (χ0) is 13.5. The molecule has 1 heterocycles. The molecule has 0 atom stereocenters. The molecular weight excluding hydrogens is 242 g/mol. The van der Waals surface area contributed by atoms with E-state index in [1.54, 1.807) is 0 Å². The number of hydrogen-bond donors (Lipinski definition) is 0. The summed E-state index contributed by atoms with van der Waals surface area (Å²) in [5.74, 6) is 0.635. The zero-order valence-electron chi connectivity index (χ0n) is 11.4. The highest BCUT2D eigenvalue weighted by Gasteiger charge is 2.10. The molecule has 4 heteroatoms. The van der Waals surface area contributed by atoms with Gasteiger partial charge in [0.15, 0.2) is 0 Å². The third kappa shape index (κ3) is 4.56. The van der Waals surface area contributed by atoms with Crippen molar-refractivity contribution >= 4 is 5.97 Å². The summed E-state index contributed by atoms with van der Waals surface area (Å²) in [4.78, 5) is 13.5. The zero-order valence-corrected chi connectivity index (χ0v) is 11.4. The molecule has 0 aliphatic carbocycles. The highest BCUT2D eigenvalue weighted by atomic mass is 16.5. The first kappa shape index (κ1) is 13.9. The summed E-state index contributed by atoms with van der Waals surface area (Å²) < 4.78 is 10.3. The van der Waals surface area contributed by atoms with Gasteiger partial charge in [-0.1, -0.05) is 12.1 Å². The number of esters is 1. The molecule has 0 radical (unpaired) electrons. The Labute approximate surface area is 114 Å². The van der Waals surface area contributed by atoms with Gasteiger partial charge in [0.1, 0.15) is 12.4 Å². The molecular formula is C15H21NO3. The number of nitrogens with zero attached hydrogens (tertiary/aromatic N) is 1. The van der Waals surface area contributed by atoms with Crippen molar-refractivity contribution in [2.45, 2.75) is 19.3 Å². The van der Waals surface area contributed by atoms with E-state index in [-0.39, 0.29) is 5.97 Å². The van der Waals surface area contributed by atoms with Crippen molar-refractivity contribution in [3.63, 3.8) is 0 Å². The van der Waals surface area contributed by atoms with E-state index in [9.17, 15) is 4.79 Å². The van der Waals surface area contributed by atoms with Crippen LogP contribution in [0.3, 0.4) is 0 Å². The van der Waals surface area contributed by atoms with Crippen LogP contribution in [0.4, 0.5) is 0 Å². The van der Waals surface area contributed by atoms with Gasteiger partial charge in [0, 0.05) is 6.54 Å². The maximum atomic E-state index is 11.1. The molecule has 104 valence electrons. The van der Waals surface area contributed by atoms with Crippen molar-refractivity contribution < 1.29 is 14.3 Å². The van der Waals surface area contributed by atoms with Crippen molar-refractivity contribution in [1.29, 1.82) is 0 Å². The Morgan fingerprint density at radius 1 is 1.21 bits per heavy atom. The van der Waals surface area contributed by atoms with Gasteiger partial charge in [-0.05, 0) is 43.6 Å². The second-order valence-electron chi connectivity index (χ2n) is 4.79. The molecule has 1 aromatic carbocycles. The van der Waals surface area contributed by atoms with Crippen LogP contribution < -0.4 is 4.74 Å². The summed E-state index contributed by atoms with van der Waals surface area (Å²) in [6.45, 7) is 4.10. The van der Waals surface area contributed by atoms with Gasteiger partial charge in [0.25, 0.3) is 0 Å². The largest absolute Gasteiger partial charge is 0.492 e. The molecule has 0 amide bonds. The van der Waals surface area contributed by atoms with E-state index in [2.05, 4.69) is 9.64 Å². The number of rotatable bonds is 6. The van der Waals surface area contributed by atoms with Crippen LogP contribution in [0, 0.1) is 0 Å². The van der Waals surface area contributed by atoms with Gasteiger partial charge < -0.3 is 9.47 Å². The third-order valence-corrected chi connectivity index (χ3v) is 3.37. The van der Waals surface area contributed by atoms with Crippen LogP contribution in [0.25, 0.3) is 0 Å². The predicted octanol–water partition coefficient (Wildman–Crippen LogP) is 1.88. The Morgan fingerprint density at radius 2 is 1.89 bits per heavy atom. The van der Waals surface area contributed by atoms with Crippen LogP contribution in [0.15, 0.2) is 24.3 Å². The monoisotopic (exact) mass is 263 g/mol. The lowest BCUT2D eigenvalue weighted by molar-refractivity contribution is -0.139. The quantitative estimate of drug-likeness (QED) is 0.735. The first-order chi connectivity index (χ1) is 9.28. The average Bonchev–Trinajstić information content (AvgIpc) is 2.94. The third-order valence-electron chi connectivity index (χ3n) is 3.37. The molecule has 1 aromatic rings. The minimum Gasteiger partial charge on any atom is -0.492 e. The molecule has 0 spiro atoms. The van der Waals surface area contributed by atoms with Crippen LogP contribution in [-0.2, 0) is 16.0 Å². The summed E-state index contributed by atoms with van der Waals surface area (Å²) in [6, 6.07) is 7.62. The molecule has 1 aliphatic rings. The lowest BCUT2D eigenvalue weighted by Crippen LogP contribution is -2.25. The number of ether oxygens (including phenoxy) is 2. The summed E-state index contributed by atoms with van der Waals surface area (Å²) in [5, 5.41) is 0. The first-order valence-electron chi connectivity index (χ1n) is 6.79. The second-order valence-corrected chi connectivity index (χ2v) is 4.79. The van der Waals surface area contributed by atoms with Crippen LogP contribution in [0.2, 0.25) is 0 Å². The van der Waals surface area contributed by atoms with E-state index in [0.29, 0.717) is 6.42 Å². The Kier molecular flexibility index (Phi) is 5.21. The minimum absolute atomic E-state index is 0.220. The highest BCUT2D eigenvalue weighted by Crippen LogP contribution is 2.13. The molecule has 19 heavy (non-hydrogen) atoms. The maximum absolute atomic E-state index is 11.1. The van der Waals surface area contributed by atoms with E-state index >= 15 is 0 Å². The minimum atomic E-state index is -0.220. The molecule has 2 rings (SSSR count).